The van der Waals surface area contributed by atoms with E-state index in [1.54, 1.807) is 7.11 Å². The highest BCUT2D eigenvalue weighted by Gasteiger charge is 2.04. The number of benzene rings is 1. The van der Waals surface area contributed by atoms with Gasteiger partial charge in [-0.2, -0.15) is 0 Å². The monoisotopic (exact) mass is 251 g/mol. The number of carboxylic acids is 1. The van der Waals surface area contributed by atoms with Crippen LogP contribution in [0.3, 0.4) is 0 Å². The van der Waals surface area contributed by atoms with E-state index in [9.17, 15) is 4.79 Å². The minimum Gasteiger partial charge on any atom is -0.496 e. The summed E-state index contributed by atoms with van der Waals surface area (Å²) in [7, 11) is 1.67. The summed E-state index contributed by atoms with van der Waals surface area (Å²) in [4.78, 5) is 10.4. The number of anilines is 1. The molecule has 4 heteroatoms. The lowest BCUT2D eigenvalue weighted by Crippen LogP contribution is -2.04. The number of nitrogens with one attached hydrogen (secondary N) is 1. The molecule has 0 spiro atoms. The van der Waals surface area contributed by atoms with Crippen molar-refractivity contribution < 1.29 is 14.6 Å². The third kappa shape index (κ3) is 4.28. The van der Waals surface area contributed by atoms with Crippen molar-refractivity contribution in [1.29, 1.82) is 0 Å². The van der Waals surface area contributed by atoms with Crippen molar-refractivity contribution in [1.82, 2.24) is 0 Å². The Hall–Kier alpha value is -1.71. The van der Waals surface area contributed by atoms with Crippen LogP contribution in [0.25, 0.3) is 0 Å². The van der Waals surface area contributed by atoms with Gasteiger partial charge in [0.2, 0.25) is 0 Å². The average molecular weight is 251 g/mol. The molecule has 0 unspecified atom stereocenters. The molecule has 1 aromatic rings. The predicted octanol–water partition coefficient (Wildman–Crippen LogP) is 2.98. The predicted molar refractivity (Wildman–Crippen MR) is 72.4 cm³/mol. The zero-order chi connectivity index (χ0) is 13.5. The van der Waals surface area contributed by atoms with Crippen molar-refractivity contribution in [3.8, 4) is 5.75 Å². The lowest BCUT2D eigenvalue weighted by molar-refractivity contribution is -0.137. The van der Waals surface area contributed by atoms with Crippen molar-refractivity contribution in [3.63, 3.8) is 0 Å². The molecule has 4 nitrogen and oxygen atoms in total. The number of carbonyl (C=O) groups is 1. The molecule has 0 radical (unpaired) electrons. The number of rotatable bonds is 7. The molecule has 0 atom stereocenters. The van der Waals surface area contributed by atoms with Crippen LogP contribution < -0.4 is 10.1 Å². The molecular formula is C14H21NO3. The first-order valence-corrected chi connectivity index (χ1v) is 6.15. The fourth-order valence-corrected chi connectivity index (χ4v) is 2.01. The van der Waals surface area contributed by atoms with E-state index in [1.807, 2.05) is 26.0 Å². The van der Waals surface area contributed by atoms with Gasteiger partial charge in [-0.25, -0.2) is 0 Å². The van der Waals surface area contributed by atoms with Crippen molar-refractivity contribution in [2.24, 2.45) is 0 Å². The van der Waals surface area contributed by atoms with E-state index < -0.39 is 5.97 Å². The van der Waals surface area contributed by atoms with Gasteiger partial charge in [0.15, 0.2) is 0 Å². The third-order valence-corrected chi connectivity index (χ3v) is 2.81. The average Bonchev–Trinajstić information content (AvgIpc) is 2.27. The molecule has 0 aliphatic rings. The number of unbranched alkanes of at least 4 members (excludes halogenated alkanes) is 1. The number of methoxy groups -OCH3 is 1. The van der Waals surface area contributed by atoms with Gasteiger partial charge < -0.3 is 15.2 Å². The molecule has 0 amide bonds. The Morgan fingerprint density at radius 3 is 2.39 bits per heavy atom. The topological polar surface area (TPSA) is 58.6 Å². The third-order valence-electron chi connectivity index (χ3n) is 2.81. The van der Waals surface area contributed by atoms with Crippen molar-refractivity contribution in [2.45, 2.75) is 33.1 Å². The second kappa shape index (κ2) is 6.89. The summed E-state index contributed by atoms with van der Waals surface area (Å²) in [5.41, 5.74) is 3.26. The molecule has 0 saturated carbocycles. The minimum absolute atomic E-state index is 0.238. The van der Waals surface area contributed by atoms with Crippen molar-refractivity contribution in [3.05, 3.63) is 23.3 Å². The summed E-state index contributed by atoms with van der Waals surface area (Å²) in [6.45, 7) is 4.82. The smallest absolute Gasteiger partial charge is 0.303 e. The second-order valence-corrected chi connectivity index (χ2v) is 4.42. The minimum atomic E-state index is -0.730. The first kappa shape index (κ1) is 14.4. The molecule has 1 rings (SSSR count). The molecule has 0 fully saturated rings. The van der Waals surface area contributed by atoms with Crippen LogP contribution in [-0.4, -0.2) is 24.7 Å². The number of aliphatic carboxylic acids is 1. The molecule has 2 N–H and O–H groups in total. The molecule has 0 saturated heterocycles. The van der Waals surface area contributed by atoms with Gasteiger partial charge in [-0.3, -0.25) is 4.79 Å². The van der Waals surface area contributed by atoms with Crippen LogP contribution in [0.4, 0.5) is 5.69 Å². The van der Waals surface area contributed by atoms with Crippen molar-refractivity contribution in [2.75, 3.05) is 19.0 Å². The molecule has 100 valence electrons. The number of hydrogen-bond donors (Lipinski definition) is 2. The highest BCUT2D eigenvalue weighted by atomic mass is 16.5. The molecule has 0 aliphatic heterocycles. The maximum absolute atomic E-state index is 10.4. The molecular weight excluding hydrogens is 230 g/mol. The van der Waals surface area contributed by atoms with Gasteiger partial charge in [0.1, 0.15) is 5.75 Å². The number of ether oxygens (including phenoxy) is 1. The van der Waals surface area contributed by atoms with Gasteiger partial charge in [0.05, 0.1) is 7.11 Å². The van der Waals surface area contributed by atoms with Crippen LogP contribution in [0.1, 0.15) is 30.4 Å². The Balaban J connectivity index is 2.46. The molecule has 0 aromatic heterocycles. The van der Waals surface area contributed by atoms with Crippen molar-refractivity contribution >= 4 is 11.7 Å². The fourth-order valence-electron chi connectivity index (χ4n) is 2.01. The number of carboxylic acid groups (broad SMARTS) is 1. The fraction of sp³-hybridized carbons (Fsp3) is 0.500. The number of aryl methyl sites for hydroxylation is 2. The van der Waals surface area contributed by atoms with E-state index in [-0.39, 0.29) is 6.42 Å². The van der Waals surface area contributed by atoms with E-state index in [0.717, 1.165) is 35.5 Å². The summed E-state index contributed by atoms with van der Waals surface area (Å²) in [6.07, 6.45) is 1.80. The molecule has 18 heavy (non-hydrogen) atoms. The second-order valence-electron chi connectivity index (χ2n) is 4.42. The van der Waals surface area contributed by atoms with Gasteiger partial charge >= 0.3 is 5.97 Å². The molecule has 0 heterocycles. The normalized spacial score (nSPS) is 10.2. The van der Waals surface area contributed by atoms with Gasteiger partial charge in [0.25, 0.3) is 0 Å². The SMILES string of the molecule is COc1c(C)cc(NCCCCC(=O)O)cc1C. The number of hydrogen-bond acceptors (Lipinski definition) is 3. The Labute approximate surface area is 108 Å². The lowest BCUT2D eigenvalue weighted by atomic mass is 10.1. The summed E-state index contributed by atoms with van der Waals surface area (Å²) >= 11 is 0. The highest BCUT2D eigenvalue weighted by molar-refractivity contribution is 5.66. The highest BCUT2D eigenvalue weighted by Crippen LogP contribution is 2.26. The van der Waals surface area contributed by atoms with E-state index >= 15 is 0 Å². The van der Waals surface area contributed by atoms with E-state index in [2.05, 4.69) is 5.32 Å². The first-order valence-electron chi connectivity index (χ1n) is 6.15. The quantitative estimate of drug-likeness (QED) is 0.731. The zero-order valence-corrected chi connectivity index (χ0v) is 11.2. The molecule has 0 bridgehead atoms. The van der Waals surface area contributed by atoms with Crippen LogP contribution in [0.5, 0.6) is 5.75 Å². The van der Waals surface area contributed by atoms with E-state index in [0.29, 0.717) is 6.42 Å². The van der Waals surface area contributed by atoms with Crippen LogP contribution in [-0.2, 0) is 4.79 Å². The van der Waals surface area contributed by atoms with Crippen LogP contribution in [0.15, 0.2) is 12.1 Å². The van der Waals surface area contributed by atoms with Gasteiger partial charge in [-0.15, -0.1) is 0 Å². The Morgan fingerprint density at radius 1 is 1.28 bits per heavy atom. The van der Waals surface area contributed by atoms with Crippen LogP contribution in [0.2, 0.25) is 0 Å². The Kier molecular flexibility index (Phi) is 5.49. The summed E-state index contributed by atoms with van der Waals surface area (Å²) in [6, 6.07) is 4.09. The van der Waals surface area contributed by atoms with Gasteiger partial charge in [0, 0.05) is 18.7 Å². The van der Waals surface area contributed by atoms with E-state index in [4.69, 9.17) is 9.84 Å². The maximum atomic E-state index is 10.4. The zero-order valence-electron chi connectivity index (χ0n) is 11.2. The summed E-state index contributed by atoms with van der Waals surface area (Å²) in [5, 5.41) is 11.8. The maximum Gasteiger partial charge on any atom is 0.303 e. The summed E-state index contributed by atoms with van der Waals surface area (Å²) in [5.74, 6) is 0.192. The largest absolute Gasteiger partial charge is 0.496 e. The Bertz CT molecular complexity index is 392. The van der Waals surface area contributed by atoms with Gasteiger partial charge in [-0.1, -0.05) is 0 Å². The Morgan fingerprint density at radius 2 is 1.89 bits per heavy atom. The lowest BCUT2D eigenvalue weighted by Gasteiger charge is -2.12. The van der Waals surface area contributed by atoms with Crippen LogP contribution in [0, 0.1) is 13.8 Å². The molecule has 0 aliphatic carbocycles. The first-order chi connectivity index (χ1) is 8.54. The van der Waals surface area contributed by atoms with E-state index in [1.165, 1.54) is 0 Å². The molecule has 1 aromatic carbocycles. The summed E-state index contributed by atoms with van der Waals surface area (Å²) < 4.78 is 5.31. The van der Waals surface area contributed by atoms with Gasteiger partial charge in [-0.05, 0) is 49.9 Å². The standard InChI is InChI=1S/C14H21NO3/c1-10-8-12(9-11(2)14(10)18-3)15-7-5-4-6-13(16)17/h8-9,15H,4-7H2,1-3H3,(H,16,17). The van der Waals surface area contributed by atoms with Crippen LogP contribution >= 0.6 is 0 Å².